The molecule has 0 amide bonds. The molecule has 0 saturated heterocycles. The molecule has 2 heterocycles. The maximum atomic E-state index is 7.04. The Morgan fingerprint density at radius 3 is 1.47 bits per heavy atom. The third-order valence-electron chi connectivity index (χ3n) is 12.3. The average Bonchev–Trinajstić information content (AvgIpc) is 3.65. The van der Waals surface area contributed by atoms with E-state index in [0.717, 1.165) is 65.8 Å². The lowest BCUT2D eigenvalue weighted by Crippen LogP contribution is -1.96. The summed E-state index contributed by atoms with van der Waals surface area (Å²) in [6.45, 7) is 0. The first-order valence-corrected chi connectivity index (χ1v) is 19.6. The zero-order chi connectivity index (χ0) is 37.2. The smallest absolute Gasteiger partial charge is 0.143 e. The molecule has 0 spiro atoms. The van der Waals surface area contributed by atoms with Gasteiger partial charge in [-0.05, 0) is 77.4 Å². The molecule has 0 N–H and O–H groups in total. The predicted octanol–water partition coefficient (Wildman–Crippen LogP) is 15.5. The molecule has 13 aromatic rings. The minimum absolute atomic E-state index is 0.901. The number of benzene rings is 11. The Bertz CT molecular complexity index is 3810. The number of nitrogens with zero attached hydrogens (tertiary/aromatic N) is 1. The molecular formula is C55H31NO. The number of hydrogen-bond acceptors (Lipinski definition) is 2. The predicted molar refractivity (Wildman–Crippen MR) is 242 cm³/mol. The largest absolute Gasteiger partial charge is 0.455 e. The molecule has 11 aromatic carbocycles. The summed E-state index contributed by atoms with van der Waals surface area (Å²) in [6, 6.07) is 68.4. The van der Waals surface area contributed by atoms with Gasteiger partial charge in [0.15, 0.2) is 0 Å². The lowest BCUT2D eigenvalue weighted by Gasteiger charge is -2.20. The maximum Gasteiger partial charge on any atom is 0.143 e. The Morgan fingerprint density at radius 1 is 0.316 bits per heavy atom. The van der Waals surface area contributed by atoms with Crippen molar-refractivity contribution in [3.8, 4) is 22.4 Å². The second-order valence-electron chi connectivity index (χ2n) is 15.3. The number of fused-ring (bicyclic) bond motifs is 15. The number of rotatable bonds is 2. The van der Waals surface area contributed by atoms with Gasteiger partial charge in [0.1, 0.15) is 11.2 Å². The molecular weight excluding hydrogens is 691 g/mol. The normalized spacial score (nSPS) is 12.2. The van der Waals surface area contributed by atoms with Crippen LogP contribution in [0, 0.1) is 0 Å². The second kappa shape index (κ2) is 11.5. The van der Waals surface area contributed by atoms with E-state index in [9.17, 15) is 0 Å². The third-order valence-corrected chi connectivity index (χ3v) is 12.3. The maximum absolute atomic E-state index is 7.04. The highest BCUT2D eigenvalue weighted by molar-refractivity contribution is 6.32. The van der Waals surface area contributed by atoms with Gasteiger partial charge in [0.2, 0.25) is 0 Å². The van der Waals surface area contributed by atoms with Crippen molar-refractivity contribution in [2.24, 2.45) is 0 Å². The molecule has 0 saturated carbocycles. The van der Waals surface area contributed by atoms with Gasteiger partial charge in [-0.2, -0.15) is 0 Å². The van der Waals surface area contributed by atoms with E-state index in [1.54, 1.807) is 0 Å². The van der Waals surface area contributed by atoms with E-state index in [4.69, 9.17) is 9.40 Å². The van der Waals surface area contributed by atoms with Gasteiger partial charge in [0.05, 0.1) is 11.2 Å². The van der Waals surface area contributed by atoms with Gasteiger partial charge in [-0.3, -0.25) is 0 Å². The first kappa shape index (κ1) is 30.7. The molecule has 13 rings (SSSR count). The molecule has 0 aliphatic rings. The van der Waals surface area contributed by atoms with Crippen LogP contribution in [0.5, 0.6) is 0 Å². The van der Waals surface area contributed by atoms with E-state index >= 15 is 0 Å². The molecule has 0 unspecified atom stereocenters. The van der Waals surface area contributed by atoms with Gasteiger partial charge in [-0.25, -0.2) is 4.98 Å². The van der Waals surface area contributed by atoms with Crippen LogP contribution in [-0.4, -0.2) is 4.98 Å². The van der Waals surface area contributed by atoms with E-state index in [1.165, 1.54) is 64.8 Å². The van der Waals surface area contributed by atoms with E-state index in [0.29, 0.717) is 0 Å². The van der Waals surface area contributed by atoms with E-state index < -0.39 is 0 Å². The standard InChI is InChI=1S/C55H31NO/c1-2-16-35-31-48-46(29-34(35)15-1)52-38-19-7-5-17-36(38)30-47(55(52)57-48)50-40-21-9-11-23-42(40)51(43-24-12-10-22-41(43)50)54-45-28-25-32-13-3-6-18-37(32)49(45)44-27-26-33-14-4-8-20-39(33)53(44)56-54/h1-31H. The number of hydrogen-bond donors (Lipinski definition) is 0. The van der Waals surface area contributed by atoms with Crippen molar-refractivity contribution in [2.75, 3.05) is 0 Å². The first-order chi connectivity index (χ1) is 28.3. The third kappa shape index (κ3) is 4.27. The van der Waals surface area contributed by atoms with Crippen LogP contribution in [0.2, 0.25) is 0 Å². The highest BCUT2D eigenvalue weighted by atomic mass is 16.3. The van der Waals surface area contributed by atoms with Crippen molar-refractivity contribution in [2.45, 2.75) is 0 Å². The fraction of sp³-hybridized carbons (Fsp3) is 0. The highest BCUT2D eigenvalue weighted by Gasteiger charge is 2.24. The van der Waals surface area contributed by atoms with Crippen LogP contribution >= 0.6 is 0 Å². The molecule has 0 bridgehead atoms. The molecule has 2 nitrogen and oxygen atoms in total. The molecule has 2 aromatic heterocycles. The molecule has 2 heteroatoms. The Morgan fingerprint density at radius 2 is 0.807 bits per heavy atom. The summed E-state index contributed by atoms with van der Waals surface area (Å²) in [4.78, 5) is 5.74. The van der Waals surface area contributed by atoms with Crippen LogP contribution in [0.1, 0.15) is 0 Å². The monoisotopic (exact) mass is 721 g/mol. The average molecular weight is 722 g/mol. The zero-order valence-corrected chi connectivity index (χ0v) is 30.8. The van der Waals surface area contributed by atoms with E-state index in [-0.39, 0.29) is 0 Å². The minimum Gasteiger partial charge on any atom is -0.455 e. The molecule has 0 aliphatic heterocycles. The van der Waals surface area contributed by atoms with Crippen LogP contribution < -0.4 is 0 Å². The second-order valence-corrected chi connectivity index (χ2v) is 15.3. The van der Waals surface area contributed by atoms with Crippen LogP contribution in [0.25, 0.3) is 131 Å². The van der Waals surface area contributed by atoms with Gasteiger partial charge >= 0.3 is 0 Å². The molecule has 262 valence electrons. The molecule has 57 heavy (non-hydrogen) atoms. The van der Waals surface area contributed by atoms with Crippen molar-refractivity contribution < 1.29 is 4.42 Å². The van der Waals surface area contributed by atoms with Crippen LogP contribution in [0.3, 0.4) is 0 Å². The molecule has 0 aliphatic carbocycles. The fourth-order valence-corrected chi connectivity index (χ4v) is 9.87. The Kier molecular flexibility index (Phi) is 6.19. The first-order valence-electron chi connectivity index (χ1n) is 19.6. The van der Waals surface area contributed by atoms with Crippen LogP contribution in [0.4, 0.5) is 0 Å². The van der Waals surface area contributed by atoms with Crippen LogP contribution in [0.15, 0.2) is 192 Å². The Balaban J connectivity index is 1.22. The van der Waals surface area contributed by atoms with E-state index in [1.807, 2.05) is 0 Å². The summed E-state index contributed by atoms with van der Waals surface area (Å²) in [5.74, 6) is 0. The zero-order valence-electron chi connectivity index (χ0n) is 30.8. The van der Waals surface area contributed by atoms with Gasteiger partial charge in [-0.1, -0.05) is 170 Å². The number of pyridine rings is 1. The van der Waals surface area contributed by atoms with Gasteiger partial charge in [0, 0.05) is 49.0 Å². The quantitative estimate of drug-likeness (QED) is 0.131. The molecule has 0 atom stereocenters. The fourth-order valence-electron chi connectivity index (χ4n) is 9.87. The summed E-state index contributed by atoms with van der Waals surface area (Å²) >= 11 is 0. The highest BCUT2D eigenvalue weighted by Crippen LogP contribution is 2.50. The van der Waals surface area contributed by atoms with Crippen molar-refractivity contribution in [3.05, 3.63) is 188 Å². The Labute approximate surface area is 326 Å². The Hall–Kier alpha value is -7.55. The molecule has 0 radical (unpaired) electrons. The molecule has 0 fully saturated rings. The van der Waals surface area contributed by atoms with Crippen LogP contribution in [-0.2, 0) is 0 Å². The van der Waals surface area contributed by atoms with Crippen molar-refractivity contribution in [3.63, 3.8) is 0 Å². The summed E-state index contributed by atoms with van der Waals surface area (Å²) < 4.78 is 7.04. The van der Waals surface area contributed by atoms with Crippen molar-refractivity contribution >= 4 is 108 Å². The SMILES string of the molecule is c1ccc2cc3c(cc2c1)oc1c(-c2c4ccccc4c(-c4nc5c6ccccc6ccc5c5c4ccc4ccccc45)c4ccccc24)cc2ccccc2c13. The van der Waals surface area contributed by atoms with Crippen molar-refractivity contribution in [1.29, 1.82) is 0 Å². The van der Waals surface area contributed by atoms with Crippen molar-refractivity contribution in [1.82, 2.24) is 4.98 Å². The topological polar surface area (TPSA) is 26.0 Å². The van der Waals surface area contributed by atoms with Gasteiger partial charge in [-0.15, -0.1) is 0 Å². The van der Waals surface area contributed by atoms with E-state index in [2.05, 4.69) is 188 Å². The minimum atomic E-state index is 0.901. The lowest BCUT2D eigenvalue weighted by molar-refractivity contribution is 0.671. The number of aromatic nitrogens is 1. The van der Waals surface area contributed by atoms with Gasteiger partial charge < -0.3 is 4.42 Å². The lowest BCUT2D eigenvalue weighted by atomic mass is 9.84. The summed E-state index contributed by atoms with van der Waals surface area (Å²) in [5.41, 5.74) is 7.24. The number of furan rings is 1. The summed E-state index contributed by atoms with van der Waals surface area (Å²) in [6.07, 6.45) is 0. The summed E-state index contributed by atoms with van der Waals surface area (Å²) in [7, 11) is 0. The summed E-state index contributed by atoms with van der Waals surface area (Å²) in [5, 5.41) is 20.1. The van der Waals surface area contributed by atoms with Gasteiger partial charge in [0.25, 0.3) is 0 Å².